The summed E-state index contributed by atoms with van der Waals surface area (Å²) in [6.45, 7) is 1.55. The topological polar surface area (TPSA) is 77.1 Å². The summed E-state index contributed by atoms with van der Waals surface area (Å²) >= 11 is 0. The molecule has 0 atom stereocenters. The summed E-state index contributed by atoms with van der Waals surface area (Å²) in [5, 5.41) is 5.17. The van der Waals surface area contributed by atoms with Crippen LogP contribution in [-0.4, -0.2) is 43.6 Å². The zero-order valence-corrected chi connectivity index (χ0v) is 14.5. The number of aromatic nitrogens is 4. The number of hydrogen-bond donors (Lipinski definition) is 0. The van der Waals surface area contributed by atoms with Gasteiger partial charge in [0.2, 0.25) is 17.6 Å². The van der Waals surface area contributed by atoms with Gasteiger partial charge in [-0.05, 0) is 29.7 Å². The molecule has 0 saturated carbocycles. The Bertz CT molecular complexity index is 1100. The summed E-state index contributed by atoms with van der Waals surface area (Å²) in [7, 11) is 0. The number of hydrogen-bond acceptors (Lipinski definition) is 5. The number of nitrogens with zero attached hydrogens (tertiary/aromatic N) is 5. The second-order valence-electron chi connectivity index (χ2n) is 6.69. The Morgan fingerprint density at radius 2 is 1.93 bits per heavy atom. The van der Waals surface area contributed by atoms with Crippen molar-refractivity contribution < 1.29 is 9.32 Å². The number of rotatable bonds is 4. The molecule has 7 nitrogen and oxygen atoms in total. The van der Waals surface area contributed by atoms with Gasteiger partial charge in [-0.25, -0.2) is 0 Å². The van der Waals surface area contributed by atoms with Gasteiger partial charge in [0.25, 0.3) is 0 Å². The average Bonchev–Trinajstić information content (AvgIpc) is 3.29. The van der Waals surface area contributed by atoms with E-state index in [1.54, 1.807) is 12.4 Å². The van der Waals surface area contributed by atoms with Gasteiger partial charge in [0.15, 0.2) is 0 Å². The van der Waals surface area contributed by atoms with Crippen LogP contribution >= 0.6 is 0 Å². The second kappa shape index (κ2) is 6.35. The van der Waals surface area contributed by atoms with Gasteiger partial charge in [-0.15, -0.1) is 0 Å². The lowest BCUT2D eigenvalue weighted by molar-refractivity contribution is -0.136. The molecule has 4 heterocycles. The highest BCUT2D eigenvalue weighted by Crippen LogP contribution is 2.28. The van der Waals surface area contributed by atoms with Crippen LogP contribution in [0.5, 0.6) is 0 Å². The van der Waals surface area contributed by atoms with E-state index in [1.165, 1.54) is 0 Å². The maximum absolute atomic E-state index is 12.6. The lowest BCUT2D eigenvalue weighted by Gasteiger charge is -2.37. The molecular weight excluding hydrogens is 342 g/mol. The minimum Gasteiger partial charge on any atom is -0.339 e. The van der Waals surface area contributed by atoms with Gasteiger partial charge in [-0.2, -0.15) is 4.98 Å². The number of benzene rings is 1. The zero-order valence-electron chi connectivity index (χ0n) is 14.5. The molecular formula is C20H17N5O2. The van der Waals surface area contributed by atoms with E-state index in [4.69, 9.17) is 4.52 Å². The summed E-state index contributed by atoms with van der Waals surface area (Å²) in [6.07, 6.45) is 5.35. The molecule has 0 spiro atoms. The molecule has 1 fully saturated rings. The Morgan fingerprint density at radius 1 is 1.11 bits per heavy atom. The molecule has 1 aliphatic rings. The van der Waals surface area contributed by atoms with Gasteiger partial charge in [0, 0.05) is 42.8 Å². The predicted octanol–water partition coefficient (Wildman–Crippen LogP) is 2.71. The summed E-state index contributed by atoms with van der Waals surface area (Å²) in [5.41, 5.74) is 1.94. The van der Waals surface area contributed by atoms with Crippen LogP contribution in [0.1, 0.15) is 11.8 Å². The Hall–Kier alpha value is -3.48. The van der Waals surface area contributed by atoms with Crippen LogP contribution in [0, 0.1) is 0 Å². The summed E-state index contributed by atoms with van der Waals surface area (Å²) in [4.78, 5) is 22.9. The third-order valence-corrected chi connectivity index (χ3v) is 4.95. The Labute approximate surface area is 155 Å². The van der Waals surface area contributed by atoms with Crippen LogP contribution < -0.4 is 0 Å². The fourth-order valence-electron chi connectivity index (χ4n) is 3.38. The van der Waals surface area contributed by atoms with Crippen molar-refractivity contribution in [1.82, 2.24) is 24.6 Å². The van der Waals surface area contributed by atoms with E-state index in [0.29, 0.717) is 31.3 Å². The zero-order chi connectivity index (χ0) is 18.2. The van der Waals surface area contributed by atoms with Crippen molar-refractivity contribution in [3.8, 4) is 11.4 Å². The minimum absolute atomic E-state index is 0.0958. The largest absolute Gasteiger partial charge is 0.339 e. The Balaban J connectivity index is 1.23. The van der Waals surface area contributed by atoms with Crippen molar-refractivity contribution >= 4 is 16.8 Å². The van der Waals surface area contributed by atoms with Crippen molar-refractivity contribution in [3.05, 3.63) is 66.9 Å². The monoisotopic (exact) mass is 359 g/mol. The van der Waals surface area contributed by atoms with Gasteiger partial charge >= 0.3 is 0 Å². The van der Waals surface area contributed by atoms with E-state index in [9.17, 15) is 4.79 Å². The predicted molar refractivity (Wildman–Crippen MR) is 98.8 cm³/mol. The number of pyridine rings is 1. The first-order chi connectivity index (χ1) is 13.3. The highest BCUT2D eigenvalue weighted by molar-refractivity contribution is 5.83. The molecule has 1 aliphatic heterocycles. The molecule has 134 valence electrons. The average molecular weight is 359 g/mol. The molecule has 3 aromatic heterocycles. The number of amides is 1. The molecule has 4 aromatic rings. The number of carbonyl (C=O) groups excluding carboxylic acids is 1. The number of likely N-dealkylation sites (tertiary alicyclic amines) is 1. The molecule has 7 heteroatoms. The van der Waals surface area contributed by atoms with Gasteiger partial charge in [-0.3, -0.25) is 9.78 Å². The lowest BCUT2D eigenvalue weighted by atomic mass is 10.00. The van der Waals surface area contributed by atoms with Gasteiger partial charge < -0.3 is 14.0 Å². The number of para-hydroxylation sites is 1. The molecule has 5 rings (SSSR count). The third-order valence-electron chi connectivity index (χ3n) is 4.95. The van der Waals surface area contributed by atoms with E-state index in [1.807, 2.05) is 58.1 Å². The van der Waals surface area contributed by atoms with Crippen molar-refractivity contribution in [2.75, 3.05) is 13.1 Å². The highest BCUT2D eigenvalue weighted by atomic mass is 16.5. The van der Waals surface area contributed by atoms with E-state index >= 15 is 0 Å². The van der Waals surface area contributed by atoms with Crippen LogP contribution in [0.15, 0.2) is 65.6 Å². The van der Waals surface area contributed by atoms with E-state index < -0.39 is 0 Å². The van der Waals surface area contributed by atoms with Crippen LogP contribution in [0.4, 0.5) is 0 Å². The first-order valence-corrected chi connectivity index (χ1v) is 8.83. The molecule has 0 N–H and O–H groups in total. The maximum Gasteiger partial charge on any atom is 0.242 e. The summed E-state index contributed by atoms with van der Waals surface area (Å²) in [6, 6.07) is 13.8. The first-order valence-electron chi connectivity index (χ1n) is 8.83. The molecule has 1 amide bonds. The van der Waals surface area contributed by atoms with E-state index in [0.717, 1.165) is 16.5 Å². The Kier molecular flexibility index (Phi) is 3.71. The highest BCUT2D eigenvalue weighted by Gasteiger charge is 2.35. The maximum atomic E-state index is 12.6. The van der Waals surface area contributed by atoms with Crippen molar-refractivity contribution in [1.29, 1.82) is 0 Å². The third kappa shape index (κ3) is 2.87. The number of carbonyl (C=O) groups is 1. The van der Waals surface area contributed by atoms with Crippen LogP contribution in [0.25, 0.3) is 22.3 Å². The molecule has 0 aliphatic carbocycles. The minimum atomic E-state index is 0.0958. The van der Waals surface area contributed by atoms with Crippen molar-refractivity contribution in [2.24, 2.45) is 0 Å². The molecule has 27 heavy (non-hydrogen) atoms. The summed E-state index contributed by atoms with van der Waals surface area (Å²) < 4.78 is 7.38. The van der Waals surface area contributed by atoms with Gasteiger partial charge in [0.1, 0.15) is 6.54 Å². The van der Waals surface area contributed by atoms with Crippen molar-refractivity contribution in [3.63, 3.8) is 0 Å². The first kappa shape index (κ1) is 15.7. The normalized spacial score (nSPS) is 14.4. The molecule has 1 saturated heterocycles. The Morgan fingerprint density at radius 3 is 2.78 bits per heavy atom. The van der Waals surface area contributed by atoms with E-state index in [2.05, 4.69) is 15.1 Å². The fourth-order valence-corrected chi connectivity index (χ4v) is 3.38. The van der Waals surface area contributed by atoms with Crippen LogP contribution in [0.2, 0.25) is 0 Å². The van der Waals surface area contributed by atoms with E-state index in [-0.39, 0.29) is 11.8 Å². The van der Waals surface area contributed by atoms with Gasteiger partial charge in [0.05, 0.1) is 5.92 Å². The lowest BCUT2D eigenvalue weighted by Crippen LogP contribution is -2.49. The smallest absolute Gasteiger partial charge is 0.242 e. The standard InChI is InChI=1S/C20H17N5O2/c26-18(13-24-10-7-14-3-1-2-4-17(14)24)25-11-16(12-25)20-22-19(23-27-20)15-5-8-21-9-6-15/h1-10,16H,11-13H2. The SMILES string of the molecule is O=C(Cn1ccc2ccccc21)N1CC(c2nc(-c3ccncc3)no2)C1. The second-order valence-corrected chi connectivity index (χ2v) is 6.69. The molecule has 1 aromatic carbocycles. The number of fused-ring (bicyclic) bond motifs is 1. The van der Waals surface area contributed by atoms with Crippen LogP contribution in [-0.2, 0) is 11.3 Å². The molecule has 0 unspecified atom stereocenters. The molecule has 0 bridgehead atoms. The van der Waals surface area contributed by atoms with Gasteiger partial charge in [-0.1, -0.05) is 23.4 Å². The van der Waals surface area contributed by atoms with Crippen LogP contribution in [0.3, 0.4) is 0 Å². The fraction of sp³-hybridized carbons (Fsp3) is 0.200. The molecule has 0 radical (unpaired) electrons. The quantitative estimate of drug-likeness (QED) is 0.560. The van der Waals surface area contributed by atoms with Crippen molar-refractivity contribution in [2.45, 2.75) is 12.5 Å². The summed E-state index contributed by atoms with van der Waals surface area (Å²) in [5.74, 6) is 1.33.